The van der Waals surface area contributed by atoms with Gasteiger partial charge in [-0.25, -0.2) is 0 Å². The van der Waals surface area contributed by atoms with Gasteiger partial charge in [-0.1, -0.05) is 24.3 Å². The second-order valence-electron chi connectivity index (χ2n) is 5.98. The van der Waals surface area contributed by atoms with Crippen LogP contribution in [0.25, 0.3) is 0 Å². The van der Waals surface area contributed by atoms with E-state index in [0.717, 1.165) is 10.5 Å². The van der Waals surface area contributed by atoms with Crippen molar-refractivity contribution in [1.29, 1.82) is 0 Å². The number of imide groups is 1. The van der Waals surface area contributed by atoms with Crippen LogP contribution in [0.5, 0.6) is 0 Å². The maximum Gasteiger partial charge on any atom is 0.262 e. The summed E-state index contributed by atoms with van der Waals surface area (Å²) in [5.74, 6) is -1.92. The van der Waals surface area contributed by atoms with Gasteiger partial charge in [0.25, 0.3) is 11.8 Å². The Balaban J connectivity index is 1.66. The summed E-state index contributed by atoms with van der Waals surface area (Å²) in [6.07, 6.45) is 0. The fraction of sp³-hybridized carbons (Fsp3) is 0.158. The number of amides is 4. The van der Waals surface area contributed by atoms with Gasteiger partial charge in [0.2, 0.25) is 11.8 Å². The van der Waals surface area contributed by atoms with E-state index in [0.29, 0.717) is 16.7 Å². The van der Waals surface area contributed by atoms with Gasteiger partial charge in [-0.15, -0.1) is 0 Å². The first-order chi connectivity index (χ1) is 12.4. The van der Waals surface area contributed by atoms with Crippen LogP contribution in [0, 0.1) is 0 Å². The zero-order valence-electron chi connectivity index (χ0n) is 14.1. The zero-order valence-corrected chi connectivity index (χ0v) is 14.1. The van der Waals surface area contributed by atoms with Gasteiger partial charge in [0.15, 0.2) is 0 Å². The molecule has 4 amide bonds. The van der Waals surface area contributed by atoms with Gasteiger partial charge in [0, 0.05) is 12.1 Å². The van der Waals surface area contributed by atoms with Gasteiger partial charge in [-0.3, -0.25) is 24.1 Å². The molecule has 7 nitrogen and oxygen atoms in total. The average Bonchev–Trinajstić information content (AvgIpc) is 2.90. The van der Waals surface area contributed by atoms with Crippen molar-refractivity contribution in [1.82, 2.24) is 10.2 Å². The van der Waals surface area contributed by atoms with E-state index < -0.39 is 29.7 Å². The number of fused-ring (bicyclic) bond motifs is 1. The Morgan fingerprint density at radius 3 is 2.04 bits per heavy atom. The maximum atomic E-state index is 12.4. The summed E-state index contributed by atoms with van der Waals surface area (Å²) in [4.78, 5) is 49.2. The highest BCUT2D eigenvalue weighted by Crippen LogP contribution is 2.24. The Kier molecular flexibility index (Phi) is 4.53. The monoisotopic (exact) mass is 351 g/mol. The summed E-state index contributed by atoms with van der Waals surface area (Å²) < 4.78 is 0. The predicted molar refractivity (Wildman–Crippen MR) is 93.2 cm³/mol. The van der Waals surface area contributed by atoms with Crippen molar-refractivity contribution in [3.8, 4) is 0 Å². The molecule has 3 rings (SSSR count). The molecule has 3 N–H and O–H groups in total. The SMILES string of the molecule is CC(C(=O)NCc1ccc(C(N)=O)cc1)N1C(=O)c2ccccc2C1=O. The van der Waals surface area contributed by atoms with E-state index in [9.17, 15) is 19.2 Å². The number of nitrogens with zero attached hydrogens (tertiary/aromatic N) is 1. The van der Waals surface area contributed by atoms with Crippen LogP contribution in [0.4, 0.5) is 0 Å². The van der Waals surface area contributed by atoms with Crippen LogP contribution in [-0.4, -0.2) is 34.6 Å². The molecule has 0 saturated heterocycles. The Hall–Kier alpha value is -3.48. The molecule has 26 heavy (non-hydrogen) atoms. The molecule has 2 aromatic rings. The Bertz CT molecular complexity index is 870. The number of primary amides is 1. The molecule has 1 unspecified atom stereocenters. The molecule has 0 aliphatic carbocycles. The number of rotatable bonds is 5. The molecule has 1 atom stereocenters. The number of nitrogens with two attached hydrogens (primary N) is 1. The predicted octanol–water partition coefficient (Wildman–Crippen LogP) is 1.09. The van der Waals surface area contributed by atoms with E-state index in [4.69, 9.17) is 5.73 Å². The van der Waals surface area contributed by atoms with Gasteiger partial charge < -0.3 is 11.1 Å². The summed E-state index contributed by atoms with van der Waals surface area (Å²) in [5, 5.41) is 2.69. The molecule has 0 radical (unpaired) electrons. The third-order valence-electron chi connectivity index (χ3n) is 4.30. The van der Waals surface area contributed by atoms with Gasteiger partial charge in [0.05, 0.1) is 11.1 Å². The number of benzene rings is 2. The molecule has 0 fully saturated rings. The van der Waals surface area contributed by atoms with E-state index in [1.807, 2.05) is 0 Å². The van der Waals surface area contributed by atoms with Crippen LogP contribution >= 0.6 is 0 Å². The smallest absolute Gasteiger partial charge is 0.262 e. The lowest BCUT2D eigenvalue weighted by Gasteiger charge is -2.21. The van der Waals surface area contributed by atoms with Crippen molar-refractivity contribution in [3.05, 3.63) is 70.8 Å². The second-order valence-corrected chi connectivity index (χ2v) is 5.98. The molecule has 0 saturated carbocycles. The van der Waals surface area contributed by atoms with Crippen LogP contribution in [0.1, 0.15) is 43.6 Å². The average molecular weight is 351 g/mol. The lowest BCUT2D eigenvalue weighted by molar-refractivity contribution is -0.124. The molecule has 0 aromatic heterocycles. The van der Waals surface area contributed by atoms with E-state index in [-0.39, 0.29) is 6.54 Å². The molecule has 7 heteroatoms. The minimum Gasteiger partial charge on any atom is -0.366 e. The summed E-state index contributed by atoms with van der Waals surface area (Å²) in [7, 11) is 0. The highest BCUT2D eigenvalue weighted by Gasteiger charge is 2.40. The van der Waals surface area contributed by atoms with Crippen molar-refractivity contribution >= 4 is 23.6 Å². The molecule has 1 aliphatic rings. The molecule has 0 spiro atoms. The Morgan fingerprint density at radius 2 is 1.54 bits per heavy atom. The Morgan fingerprint density at radius 1 is 1.00 bits per heavy atom. The number of hydrogen-bond acceptors (Lipinski definition) is 4. The third kappa shape index (κ3) is 3.06. The van der Waals surface area contributed by atoms with Crippen molar-refractivity contribution in [3.63, 3.8) is 0 Å². The van der Waals surface area contributed by atoms with Crippen LogP contribution in [0.15, 0.2) is 48.5 Å². The topological polar surface area (TPSA) is 110 Å². The highest BCUT2D eigenvalue weighted by atomic mass is 16.2. The van der Waals surface area contributed by atoms with Crippen molar-refractivity contribution in [2.45, 2.75) is 19.5 Å². The largest absolute Gasteiger partial charge is 0.366 e. The number of nitrogens with one attached hydrogen (secondary N) is 1. The molecule has 0 bridgehead atoms. The van der Waals surface area contributed by atoms with Crippen LogP contribution in [0.2, 0.25) is 0 Å². The van der Waals surface area contributed by atoms with Crippen LogP contribution in [0.3, 0.4) is 0 Å². The normalized spacial score (nSPS) is 14.1. The first-order valence-corrected chi connectivity index (χ1v) is 8.03. The van der Waals surface area contributed by atoms with E-state index in [2.05, 4.69) is 5.32 Å². The van der Waals surface area contributed by atoms with Crippen molar-refractivity contribution in [2.75, 3.05) is 0 Å². The number of hydrogen-bond donors (Lipinski definition) is 2. The van der Waals surface area contributed by atoms with Gasteiger partial charge in [-0.05, 0) is 36.8 Å². The van der Waals surface area contributed by atoms with E-state index in [1.54, 1.807) is 48.5 Å². The quantitative estimate of drug-likeness (QED) is 0.786. The molecule has 2 aromatic carbocycles. The molecular weight excluding hydrogens is 334 g/mol. The number of carbonyl (C=O) groups is 4. The van der Waals surface area contributed by atoms with Gasteiger partial charge in [0.1, 0.15) is 6.04 Å². The minimum atomic E-state index is -0.938. The van der Waals surface area contributed by atoms with Crippen molar-refractivity contribution in [2.24, 2.45) is 5.73 Å². The molecule has 1 heterocycles. The fourth-order valence-corrected chi connectivity index (χ4v) is 2.80. The van der Waals surface area contributed by atoms with Crippen LogP contribution in [-0.2, 0) is 11.3 Å². The first kappa shape index (κ1) is 17.3. The lowest BCUT2D eigenvalue weighted by atomic mass is 10.1. The third-order valence-corrected chi connectivity index (χ3v) is 4.30. The summed E-state index contributed by atoms with van der Waals surface area (Å²) >= 11 is 0. The Labute approximate surface area is 149 Å². The zero-order chi connectivity index (χ0) is 18.8. The summed E-state index contributed by atoms with van der Waals surface area (Å²) in [5.41, 5.74) is 6.93. The van der Waals surface area contributed by atoms with Crippen LogP contribution < -0.4 is 11.1 Å². The second kappa shape index (κ2) is 6.79. The molecule has 1 aliphatic heterocycles. The molecular formula is C19H17N3O4. The first-order valence-electron chi connectivity index (χ1n) is 8.03. The fourth-order valence-electron chi connectivity index (χ4n) is 2.80. The van der Waals surface area contributed by atoms with Crippen molar-refractivity contribution < 1.29 is 19.2 Å². The van der Waals surface area contributed by atoms with E-state index in [1.165, 1.54) is 6.92 Å². The van der Waals surface area contributed by atoms with Gasteiger partial charge in [-0.2, -0.15) is 0 Å². The lowest BCUT2D eigenvalue weighted by Crippen LogP contribution is -2.47. The maximum absolute atomic E-state index is 12.4. The standard InChI is InChI=1S/C19H17N3O4/c1-11(22-18(25)14-4-2-3-5-15(14)19(22)26)17(24)21-10-12-6-8-13(9-7-12)16(20)23/h2-9,11H,10H2,1H3,(H2,20,23)(H,21,24). The highest BCUT2D eigenvalue weighted by molar-refractivity contribution is 6.22. The van der Waals surface area contributed by atoms with E-state index >= 15 is 0 Å². The number of carbonyl (C=O) groups excluding carboxylic acids is 4. The molecule has 132 valence electrons. The summed E-state index contributed by atoms with van der Waals surface area (Å²) in [6, 6.07) is 12.0. The minimum absolute atomic E-state index is 0.200. The summed E-state index contributed by atoms with van der Waals surface area (Å²) in [6.45, 7) is 1.71. The van der Waals surface area contributed by atoms with Gasteiger partial charge >= 0.3 is 0 Å².